The first kappa shape index (κ1) is 22.1. The van der Waals surface area contributed by atoms with E-state index in [-0.39, 0.29) is 17.9 Å². The second-order valence-electron chi connectivity index (χ2n) is 7.88. The van der Waals surface area contributed by atoms with E-state index in [0.29, 0.717) is 35.9 Å². The summed E-state index contributed by atoms with van der Waals surface area (Å²) in [4.78, 5) is 25.3. The SMILES string of the molecule is N#Cc1c(NC(=O)/C=C/c2ccco2)sc2c1CCC(COC(=O)NCC1CCCO1)C2. The van der Waals surface area contributed by atoms with Gasteiger partial charge in [-0.2, -0.15) is 5.26 Å². The molecule has 3 heterocycles. The van der Waals surface area contributed by atoms with Gasteiger partial charge < -0.3 is 24.5 Å². The van der Waals surface area contributed by atoms with Crippen molar-refractivity contribution in [1.82, 2.24) is 5.32 Å². The third-order valence-electron chi connectivity index (χ3n) is 5.61. The molecule has 2 atom stereocenters. The van der Waals surface area contributed by atoms with Gasteiger partial charge in [0, 0.05) is 24.1 Å². The second-order valence-corrected chi connectivity index (χ2v) is 8.99. The van der Waals surface area contributed by atoms with Crippen molar-refractivity contribution in [1.29, 1.82) is 5.26 Å². The van der Waals surface area contributed by atoms with Crippen molar-refractivity contribution in [2.45, 2.75) is 38.2 Å². The normalized spacial score (nSPS) is 20.0. The minimum absolute atomic E-state index is 0.0814. The van der Waals surface area contributed by atoms with E-state index < -0.39 is 6.09 Å². The van der Waals surface area contributed by atoms with E-state index in [4.69, 9.17) is 13.9 Å². The van der Waals surface area contributed by atoms with Gasteiger partial charge in [-0.3, -0.25) is 4.79 Å². The van der Waals surface area contributed by atoms with Gasteiger partial charge in [0.25, 0.3) is 0 Å². The van der Waals surface area contributed by atoms with Gasteiger partial charge in [0.05, 0.1) is 24.5 Å². The zero-order chi connectivity index (χ0) is 22.3. The summed E-state index contributed by atoms with van der Waals surface area (Å²) in [5.74, 6) is 0.441. The Balaban J connectivity index is 1.30. The molecule has 2 aliphatic rings. The molecule has 8 nitrogen and oxygen atoms in total. The molecule has 168 valence electrons. The topological polar surface area (TPSA) is 114 Å². The molecule has 1 fully saturated rings. The number of amides is 2. The van der Waals surface area contributed by atoms with Crippen molar-refractivity contribution in [3.63, 3.8) is 0 Å². The fourth-order valence-corrected chi connectivity index (χ4v) is 5.26. The maximum absolute atomic E-state index is 12.3. The third kappa shape index (κ3) is 5.58. The number of nitrogens with one attached hydrogen (secondary N) is 2. The quantitative estimate of drug-likeness (QED) is 0.613. The fraction of sp³-hybridized carbons (Fsp3) is 0.435. The summed E-state index contributed by atoms with van der Waals surface area (Å²) in [5.41, 5.74) is 1.51. The van der Waals surface area contributed by atoms with E-state index in [9.17, 15) is 14.9 Å². The summed E-state index contributed by atoms with van der Waals surface area (Å²) in [6.45, 7) is 1.55. The number of anilines is 1. The van der Waals surface area contributed by atoms with E-state index in [1.54, 1.807) is 18.2 Å². The van der Waals surface area contributed by atoms with E-state index in [1.165, 1.54) is 23.7 Å². The number of furan rings is 1. The van der Waals surface area contributed by atoms with Crippen LogP contribution in [0.3, 0.4) is 0 Å². The zero-order valence-corrected chi connectivity index (χ0v) is 18.4. The number of thiophene rings is 1. The lowest BCUT2D eigenvalue weighted by Crippen LogP contribution is -2.33. The number of hydrogen-bond donors (Lipinski definition) is 2. The molecule has 0 radical (unpaired) electrons. The predicted octanol–water partition coefficient (Wildman–Crippen LogP) is 3.87. The zero-order valence-electron chi connectivity index (χ0n) is 17.6. The van der Waals surface area contributed by atoms with Crippen LogP contribution >= 0.6 is 11.3 Å². The Hall–Kier alpha value is -3.09. The number of carbonyl (C=O) groups excluding carboxylic acids is 2. The van der Waals surface area contributed by atoms with Crippen LogP contribution in [0.15, 0.2) is 28.9 Å². The Morgan fingerprint density at radius 2 is 2.28 bits per heavy atom. The van der Waals surface area contributed by atoms with Crippen LogP contribution in [0.2, 0.25) is 0 Å². The van der Waals surface area contributed by atoms with E-state index in [0.717, 1.165) is 42.7 Å². The first-order valence-corrected chi connectivity index (χ1v) is 11.5. The maximum atomic E-state index is 12.3. The van der Waals surface area contributed by atoms with E-state index >= 15 is 0 Å². The average Bonchev–Trinajstić information content (AvgIpc) is 3.55. The van der Waals surface area contributed by atoms with Crippen LogP contribution in [0, 0.1) is 17.2 Å². The molecule has 2 N–H and O–H groups in total. The minimum Gasteiger partial charge on any atom is -0.465 e. The van der Waals surface area contributed by atoms with Gasteiger partial charge in [0.15, 0.2) is 0 Å². The van der Waals surface area contributed by atoms with Crippen LogP contribution in [-0.2, 0) is 27.1 Å². The number of ether oxygens (including phenoxy) is 2. The Bertz CT molecular complexity index is 1020. The van der Waals surface area contributed by atoms with Crippen LogP contribution in [0.4, 0.5) is 9.80 Å². The van der Waals surface area contributed by atoms with Gasteiger partial charge in [-0.05, 0) is 61.8 Å². The molecule has 1 aliphatic carbocycles. The summed E-state index contributed by atoms with van der Waals surface area (Å²) < 4.78 is 16.1. The summed E-state index contributed by atoms with van der Waals surface area (Å²) in [7, 11) is 0. The largest absolute Gasteiger partial charge is 0.465 e. The van der Waals surface area contributed by atoms with Crippen LogP contribution in [0.5, 0.6) is 0 Å². The highest BCUT2D eigenvalue weighted by Crippen LogP contribution is 2.39. The highest BCUT2D eigenvalue weighted by molar-refractivity contribution is 7.16. The van der Waals surface area contributed by atoms with Crippen molar-refractivity contribution in [2.75, 3.05) is 25.1 Å². The molecular formula is C23H25N3O5S. The van der Waals surface area contributed by atoms with Crippen molar-refractivity contribution in [2.24, 2.45) is 5.92 Å². The first-order chi connectivity index (χ1) is 15.6. The molecule has 1 aliphatic heterocycles. The summed E-state index contributed by atoms with van der Waals surface area (Å²) in [5, 5.41) is 15.8. The average molecular weight is 456 g/mol. The third-order valence-corrected chi connectivity index (χ3v) is 6.78. The van der Waals surface area contributed by atoms with Gasteiger partial charge in [0.2, 0.25) is 5.91 Å². The van der Waals surface area contributed by atoms with Crippen molar-refractivity contribution < 1.29 is 23.5 Å². The molecule has 2 aromatic heterocycles. The molecule has 0 aromatic carbocycles. The van der Waals surface area contributed by atoms with Gasteiger partial charge in [-0.15, -0.1) is 11.3 Å². The smallest absolute Gasteiger partial charge is 0.407 e. The van der Waals surface area contributed by atoms with Crippen molar-refractivity contribution in [3.8, 4) is 6.07 Å². The number of rotatable bonds is 7. The highest BCUT2D eigenvalue weighted by Gasteiger charge is 2.27. The number of alkyl carbamates (subject to hydrolysis) is 1. The molecule has 0 saturated carbocycles. The number of fused-ring (bicyclic) bond motifs is 1. The monoisotopic (exact) mass is 455 g/mol. The first-order valence-electron chi connectivity index (χ1n) is 10.7. The predicted molar refractivity (Wildman–Crippen MR) is 119 cm³/mol. The van der Waals surface area contributed by atoms with Gasteiger partial charge in [-0.1, -0.05) is 0 Å². The molecular weight excluding hydrogens is 430 g/mol. The van der Waals surface area contributed by atoms with Crippen LogP contribution in [0.1, 0.15) is 41.0 Å². The molecule has 9 heteroatoms. The minimum atomic E-state index is -0.425. The second kappa shape index (κ2) is 10.5. The van der Waals surface area contributed by atoms with Crippen molar-refractivity contribution in [3.05, 3.63) is 46.2 Å². The molecule has 2 aromatic rings. The van der Waals surface area contributed by atoms with Crippen LogP contribution in [0.25, 0.3) is 6.08 Å². The molecule has 2 unspecified atom stereocenters. The Morgan fingerprint density at radius 3 is 3.03 bits per heavy atom. The van der Waals surface area contributed by atoms with Crippen molar-refractivity contribution >= 4 is 34.4 Å². The molecule has 1 saturated heterocycles. The number of carbonyl (C=O) groups is 2. The number of nitrogens with zero attached hydrogens (tertiary/aromatic N) is 1. The Morgan fingerprint density at radius 1 is 1.38 bits per heavy atom. The van der Waals surface area contributed by atoms with Gasteiger partial charge in [-0.25, -0.2) is 4.79 Å². The lowest BCUT2D eigenvalue weighted by atomic mass is 9.88. The van der Waals surface area contributed by atoms with Gasteiger partial charge in [0.1, 0.15) is 16.8 Å². The summed E-state index contributed by atoms with van der Waals surface area (Å²) in [6, 6.07) is 5.72. The molecule has 2 amide bonds. The summed E-state index contributed by atoms with van der Waals surface area (Å²) >= 11 is 1.42. The lowest BCUT2D eigenvalue weighted by Gasteiger charge is -2.22. The molecule has 0 spiro atoms. The fourth-order valence-electron chi connectivity index (χ4n) is 3.95. The van der Waals surface area contributed by atoms with Gasteiger partial charge >= 0.3 is 6.09 Å². The summed E-state index contributed by atoms with van der Waals surface area (Å²) in [6.07, 6.45) is 8.39. The molecule has 4 rings (SSSR count). The number of nitriles is 1. The maximum Gasteiger partial charge on any atom is 0.407 e. The standard InChI is InChI=1S/C23H25N3O5S/c24-12-19-18-7-5-15(14-31-23(28)25-13-17-4-2-10-30-17)11-20(18)32-22(19)26-21(27)8-6-16-3-1-9-29-16/h1,3,6,8-9,15,17H,2,4-5,7,10-11,13-14H2,(H,25,28)(H,26,27)/b8-6+. The Kier molecular flexibility index (Phi) is 7.24. The van der Waals surface area contributed by atoms with Crippen LogP contribution in [-0.4, -0.2) is 37.9 Å². The molecule has 0 bridgehead atoms. The lowest BCUT2D eigenvalue weighted by molar-refractivity contribution is -0.111. The van der Waals surface area contributed by atoms with Crippen LogP contribution < -0.4 is 10.6 Å². The highest BCUT2D eigenvalue weighted by atomic mass is 32.1. The number of hydrogen-bond acceptors (Lipinski definition) is 7. The van der Waals surface area contributed by atoms with E-state index in [1.807, 2.05) is 0 Å². The Labute approximate surface area is 190 Å². The van der Waals surface area contributed by atoms with E-state index in [2.05, 4.69) is 16.7 Å². The molecule has 32 heavy (non-hydrogen) atoms.